The molecule has 1 aromatic heterocycles. The molecule has 0 aliphatic carbocycles. The SMILES string of the molecule is CCN(CC)CCOc1cccc(NC(=O)C2CCn3cc(C)nc3C2)c1. The van der Waals surface area contributed by atoms with Crippen molar-refractivity contribution in [1.82, 2.24) is 14.5 Å². The maximum Gasteiger partial charge on any atom is 0.228 e. The summed E-state index contributed by atoms with van der Waals surface area (Å²) in [5.41, 5.74) is 1.80. The van der Waals surface area contributed by atoms with Gasteiger partial charge in [0.2, 0.25) is 5.91 Å². The highest BCUT2D eigenvalue weighted by Gasteiger charge is 2.26. The minimum atomic E-state index is -0.0356. The van der Waals surface area contributed by atoms with Crippen LogP contribution in [-0.4, -0.2) is 46.6 Å². The van der Waals surface area contributed by atoms with E-state index in [0.29, 0.717) is 13.0 Å². The molecule has 6 nitrogen and oxygen atoms in total. The molecule has 0 saturated heterocycles. The van der Waals surface area contributed by atoms with Gasteiger partial charge in [-0.15, -0.1) is 0 Å². The smallest absolute Gasteiger partial charge is 0.228 e. The topological polar surface area (TPSA) is 59.4 Å². The molecule has 1 amide bonds. The van der Waals surface area contributed by atoms with Gasteiger partial charge in [-0.3, -0.25) is 4.79 Å². The fraction of sp³-hybridized carbons (Fsp3) is 0.524. The summed E-state index contributed by atoms with van der Waals surface area (Å²) >= 11 is 0. The van der Waals surface area contributed by atoms with Crippen molar-refractivity contribution in [1.29, 1.82) is 0 Å². The molecule has 2 aromatic rings. The molecule has 0 fully saturated rings. The Morgan fingerprint density at radius 2 is 2.19 bits per heavy atom. The van der Waals surface area contributed by atoms with E-state index in [1.807, 2.05) is 31.2 Å². The lowest BCUT2D eigenvalue weighted by atomic mass is 9.97. The molecule has 0 spiro atoms. The molecule has 2 heterocycles. The molecule has 0 radical (unpaired) electrons. The Morgan fingerprint density at radius 1 is 1.37 bits per heavy atom. The highest BCUT2D eigenvalue weighted by Crippen LogP contribution is 2.23. The van der Waals surface area contributed by atoms with E-state index in [-0.39, 0.29) is 11.8 Å². The molecule has 27 heavy (non-hydrogen) atoms. The highest BCUT2D eigenvalue weighted by atomic mass is 16.5. The lowest BCUT2D eigenvalue weighted by Gasteiger charge is -2.22. The average Bonchev–Trinajstić information content (AvgIpc) is 3.04. The van der Waals surface area contributed by atoms with Crippen molar-refractivity contribution in [3.8, 4) is 5.75 Å². The summed E-state index contributed by atoms with van der Waals surface area (Å²) < 4.78 is 8.01. The number of likely N-dealkylation sites (N-methyl/N-ethyl adjacent to an activating group) is 1. The zero-order valence-electron chi connectivity index (χ0n) is 16.6. The van der Waals surface area contributed by atoms with Gasteiger partial charge in [0, 0.05) is 43.4 Å². The summed E-state index contributed by atoms with van der Waals surface area (Å²) in [6.07, 6.45) is 3.59. The first kappa shape index (κ1) is 19.4. The van der Waals surface area contributed by atoms with E-state index in [1.165, 1.54) is 0 Å². The summed E-state index contributed by atoms with van der Waals surface area (Å²) in [6.45, 7) is 10.7. The number of rotatable bonds is 8. The van der Waals surface area contributed by atoms with Crippen LogP contribution in [-0.2, 0) is 17.8 Å². The monoisotopic (exact) mass is 370 g/mol. The van der Waals surface area contributed by atoms with Gasteiger partial charge in [-0.2, -0.15) is 0 Å². The summed E-state index contributed by atoms with van der Waals surface area (Å²) in [5, 5.41) is 3.04. The number of imidazole rings is 1. The van der Waals surface area contributed by atoms with Crippen molar-refractivity contribution >= 4 is 11.6 Å². The molecule has 1 aliphatic heterocycles. The second-order valence-electron chi connectivity index (χ2n) is 7.07. The van der Waals surface area contributed by atoms with E-state index in [4.69, 9.17) is 4.74 Å². The van der Waals surface area contributed by atoms with E-state index in [2.05, 4.69) is 39.8 Å². The first-order valence-electron chi connectivity index (χ1n) is 9.87. The summed E-state index contributed by atoms with van der Waals surface area (Å²) in [4.78, 5) is 19.5. The molecule has 1 N–H and O–H groups in total. The van der Waals surface area contributed by atoms with Gasteiger partial charge in [0.25, 0.3) is 0 Å². The van der Waals surface area contributed by atoms with Crippen LogP contribution < -0.4 is 10.1 Å². The molecule has 146 valence electrons. The van der Waals surface area contributed by atoms with Crippen LogP contribution in [0.5, 0.6) is 5.75 Å². The normalized spacial score (nSPS) is 16.2. The van der Waals surface area contributed by atoms with Crippen LogP contribution in [0.15, 0.2) is 30.5 Å². The van der Waals surface area contributed by atoms with Crippen LogP contribution >= 0.6 is 0 Å². The first-order valence-corrected chi connectivity index (χ1v) is 9.87. The number of aryl methyl sites for hydroxylation is 2. The minimum Gasteiger partial charge on any atom is -0.492 e. The molecular formula is C21H30N4O2. The maximum absolute atomic E-state index is 12.7. The van der Waals surface area contributed by atoms with Crippen LogP contribution in [0.25, 0.3) is 0 Å². The molecule has 1 aliphatic rings. The number of benzene rings is 1. The molecule has 3 rings (SSSR count). The zero-order chi connectivity index (χ0) is 19.2. The molecular weight excluding hydrogens is 340 g/mol. The zero-order valence-corrected chi connectivity index (χ0v) is 16.6. The van der Waals surface area contributed by atoms with Crippen molar-refractivity contribution < 1.29 is 9.53 Å². The van der Waals surface area contributed by atoms with Crippen molar-refractivity contribution in [3.05, 3.63) is 42.0 Å². The first-order chi connectivity index (χ1) is 13.1. The van der Waals surface area contributed by atoms with Gasteiger partial charge < -0.3 is 19.5 Å². The highest BCUT2D eigenvalue weighted by molar-refractivity contribution is 5.92. The van der Waals surface area contributed by atoms with Gasteiger partial charge in [0.1, 0.15) is 18.2 Å². The Kier molecular flexibility index (Phi) is 6.50. The van der Waals surface area contributed by atoms with Crippen molar-refractivity contribution in [2.75, 3.05) is 31.6 Å². The average molecular weight is 370 g/mol. The summed E-state index contributed by atoms with van der Waals surface area (Å²) in [5.74, 6) is 1.82. The number of anilines is 1. The van der Waals surface area contributed by atoms with E-state index < -0.39 is 0 Å². The minimum absolute atomic E-state index is 0.0356. The van der Waals surface area contributed by atoms with Gasteiger partial charge >= 0.3 is 0 Å². The number of ether oxygens (including phenoxy) is 1. The Bertz CT molecular complexity index is 767. The number of aromatic nitrogens is 2. The number of carbonyl (C=O) groups is 1. The lowest BCUT2D eigenvalue weighted by molar-refractivity contribution is -0.120. The number of hydrogen-bond donors (Lipinski definition) is 1. The van der Waals surface area contributed by atoms with Crippen LogP contribution in [0.3, 0.4) is 0 Å². The summed E-state index contributed by atoms with van der Waals surface area (Å²) in [7, 11) is 0. The number of nitrogens with one attached hydrogen (secondary N) is 1. The Morgan fingerprint density at radius 3 is 2.96 bits per heavy atom. The third kappa shape index (κ3) is 5.10. The Hall–Kier alpha value is -2.34. The second kappa shape index (κ2) is 9.04. The Labute approximate surface area is 161 Å². The summed E-state index contributed by atoms with van der Waals surface area (Å²) in [6, 6.07) is 7.65. The van der Waals surface area contributed by atoms with Crippen LogP contribution in [0.2, 0.25) is 0 Å². The van der Waals surface area contributed by atoms with Crippen molar-refractivity contribution in [2.24, 2.45) is 5.92 Å². The molecule has 0 saturated carbocycles. The molecule has 0 bridgehead atoms. The molecule has 1 atom stereocenters. The molecule has 1 unspecified atom stereocenters. The Balaban J connectivity index is 1.54. The van der Waals surface area contributed by atoms with Gasteiger partial charge in [-0.1, -0.05) is 19.9 Å². The van der Waals surface area contributed by atoms with E-state index in [1.54, 1.807) is 0 Å². The third-order valence-corrected chi connectivity index (χ3v) is 5.17. The fourth-order valence-corrected chi connectivity index (χ4v) is 3.53. The van der Waals surface area contributed by atoms with Gasteiger partial charge in [-0.25, -0.2) is 4.98 Å². The predicted octanol–water partition coefficient (Wildman–Crippen LogP) is 3.11. The number of carbonyl (C=O) groups excluding carboxylic acids is 1. The predicted molar refractivity (Wildman–Crippen MR) is 107 cm³/mol. The largest absolute Gasteiger partial charge is 0.492 e. The van der Waals surface area contributed by atoms with E-state index in [9.17, 15) is 4.79 Å². The number of fused-ring (bicyclic) bond motifs is 1. The van der Waals surface area contributed by atoms with Crippen molar-refractivity contribution in [3.63, 3.8) is 0 Å². The number of amides is 1. The van der Waals surface area contributed by atoms with Gasteiger partial charge in [0.05, 0.1) is 5.69 Å². The lowest BCUT2D eigenvalue weighted by Crippen LogP contribution is -2.30. The number of nitrogens with zero attached hydrogens (tertiary/aromatic N) is 3. The van der Waals surface area contributed by atoms with Crippen LogP contribution in [0.4, 0.5) is 5.69 Å². The molecule has 1 aromatic carbocycles. The van der Waals surface area contributed by atoms with Gasteiger partial charge in [-0.05, 0) is 38.6 Å². The van der Waals surface area contributed by atoms with Crippen LogP contribution in [0, 0.1) is 12.8 Å². The molecule has 6 heteroatoms. The number of hydrogen-bond acceptors (Lipinski definition) is 4. The van der Waals surface area contributed by atoms with Crippen molar-refractivity contribution in [2.45, 2.75) is 40.2 Å². The second-order valence-corrected chi connectivity index (χ2v) is 7.07. The quantitative estimate of drug-likeness (QED) is 0.776. The fourth-order valence-electron chi connectivity index (χ4n) is 3.53. The van der Waals surface area contributed by atoms with Gasteiger partial charge in [0.15, 0.2) is 0 Å². The van der Waals surface area contributed by atoms with E-state index in [0.717, 1.165) is 55.6 Å². The van der Waals surface area contributed by atoms with E-state index >= 15 is 0 Å². The van der Waals surface area contributed by atoms with Crippen LogP contribution in [0.1, 0.15) is 31.8 Å². The third-order valence-electron chi connectivity index (χ3n) is 5.17. The standard InChI is InChI=1S/C21H30N4O2/c1-4-24(5-2)11-12-27-19-8-6-7-18(14-19)23-21(26)17-9-10-25-15-16(3)22-20(25)13-17/h6-8,14-15,17H,4-5,9-13H2,1-3H3,(H,23,26). The maximum atomic E-state index is 12.7.